The van der Waals surface area contributed by atoms with Crippen LogP contribution in [0.3, 0.4) is 0 Å². The van der Waals surface area contributed by atoms with E-state index in [1.165, 1.54) is 6.92 Å². The van der Waals surface area contributed by atoms with E-state index in [0.29, 0.717) is 6.07 Å². The van der Waals surface area contributed by atoms with Crippen LogP contribution in [-0.4, -0.2) is 5.51 Å². The summed E-state index contributed by atoms with van der Waals surface area (Å²) in [6, 6.07) is 0.0245. The molecule has 0 saturated heterocycles. The molecule has 0 spiro atoms. The Labute approximate surface area is 117 Å². The van der Waals surface area contributed by atoms with Crippen molar-refractivity contribution in [2.75, 3.05) is 0 Å². The number of aryl methyl sites for hydroxylation is 1. The normalized spacial score (nSPS) is 13.6. The maximum atomic E-state index is 12.7. The number of thioether (sulfide) groups is 1. The molecule has 0 bridgehead atoms. The van der Waals surface area contributed by atoms with Gasteiger partial charge in [0.15, 0.2) is 0 Å². The topological polar surface area (TPSA) is 0 Å². The average molecular weight is 342 g/mol. The summed E-state index contributed by atoms with van der Waals surface area (Å²) < 4.78 is 113. The van der Waals surface area contributed by atoms with E-state index < -0.39 is 51.2 Å². The van der Waals surface area contributed by atoms with Crippen LogP contribution in [0.5, 0.6) is 0 Å². The first-order valence-electron chi connectivity index (χ1n) is 5.32. The lowest BCUT2D eigenvalue weighted by Gasteiger charge is -2.19. The molecular weight excluding hydrogens is 335 g/mol. The Morgan fingerprint density at radius 2 is 1.29 bits per heavy atom. The second-order valence-corrected chi connectivity index (χ2v) is 5.01. The highest BCUT2D eigenvalue weighted by atomic mass is 32.2. The van der Waals surface area contributed by atoms with E-state index in [1.54, 1.807) is 0 Å². The zero-order valence-electron chi connectivity index (χ0n) is 10.2. The van der Waals surface area contributed by atoms with Gasteiger partial charge in [0.05, 0.1) is 11.1 Å². The minimum atomic E-state index is -5.32. The van der Waals surface area contributed by atoms with E-state index in [0.717, 1.165) is 0 Å². The minimum Gasteiger partial charge on any atom is -0.166 e. The molecule has 1 aromatic rings. The zero-order valence-corrected chi connectivity index (χ0v) is 11.0. The van der Waals surface area contributed by atoms with Crippen molar-refractivity contribution in [2.24, 2.45) is 0 Å². The Hall–Kier alpha value is -1.06. The van der Waals surface area contributed by atoms with Crippen molar-refractivity contribution < 1.29 is 39.5 Å². The molecule has 10 heteroatoms. The van der Waals surface area contributed by atoms with Gasteiger partial charge in [-0.2, -0.15) is 39.5 Å². The Morgan fingerprint density at radius 1 is 0.810 bits per heavy atom. The van der Waals surface area contributed by atoms with Gasteiger partial charge >= 0.3 is 17.9 Å². The van der Waals surface area contributed by atoms with Gasteiger partial charge in [-0.3, -0.25) is 0 Å². The third-order valence-corrected chi connectivity index (χ3v) is 3.21. The Kier molecular flexibility index (Phi) is 4.81. The molecule has 0 fully saturated rings. The number of rotatable bonds is 2. The van der Waals surface area contributed by atoms with Crippen LogP contribution in [0.4, 0.5) is 39.5 Å². The Bertz CT molecular complexity index is 510. The van der Waals surface area contributed by atoms with Gasteiger partial charge in [0, 0.05) is 4.90 Å². The molecular formula is C11H7F9S. The van der Waals surface area contributed by atoms with Crippen LogP contribution in [0.1, 0.15) is 23.6 Å². The van der Waals surface area contributed by atoms with E-state index in [2.05, 4.69) is 0 Å². The molecule has 21 heavy (non-hydrogen) atoms. The fourth-order valence-corrected chi connectivity index (χ4v) is 2.34. The van der Waals surface area contributed by atoms with Gasteiger partial charge in [-0.05, 0) is 35.9 Å². The molecule has 0 aliphatic heterocycles. The molecule has 0 aliphatic carbocycles. The highest BCUT2D eigenvalue weighted by Crippen LogP contribution is 2.46. The lowest BCUT2D eigenvalue weighted by molar-refractivity contribution is -0.144. The van der Waals surface area contributed by atoms with Crippen molar-refractivity contribution in [3.8, 4) is 0 Å². The summed E-state index contributed by atoms with van der Waals surface area (Å²) in [6.45, 7) is 1.21. The summed E-state index contributed by atoms with van der Waals surface area (Å²) >= 11 is -1.08. The van der Waals surface area contributed by atoms with Crippen LogP contribution in [0.15, 0.2) is 17.0 Å². The number of hydrogen-bond donors (Lipinski definition) is 0. The molecule has 120 valence electrons. The highest BCUT2D eigenvalue weighted by Gasteiger charge is 2.42. The van der Waals surface area contributed by atoms with Gasteiger partial charge in [0.25, 0.3) is 0 Å². The molecule has 0 radical (unpaired) electrons. The van der Waals surface area contributed by atoms with Crippen molar-refractivity contribution in [3.63, 3.8) is 0 Å². The van der Waals surface area contributed by atoms with Crippen molar-refractivity contribution in [1.29, 1.82) is 0 Å². The van der Waals surface area contributed by atoms with E-state index in [4.69, 9.17) is 0 Å². The maximum Gasteiger partial charge on any atom is 0.446 e. The average Bonchev–Trinajstić information content (AvgIpc) is 2.22. The smallest absolute Gasteiger partial charge is 0.166 e. The zero-order chi connectivity index (χ0) is 16.6. The fraction of sp³-hybridized carbons (Fsp3) is 0.455. The van der Waals surface area contributed by atoms with Crippen molar-refractivity contribution >= 4 is 11.8 Å². The molecule has 0 aliphatic rings. The molecule has 0 N–H and O–H groups in total. The van der Waals surface area contributed by atoms with E-state index in [-0.39, 0.29) is 12.5 Å². The molecule has 0 atom stereocenters. The van der Waals surface area contributed by atoms with Crippen LogP contribution in [-0.2, 0) is 18.8 Å². The SMILES string of the molecule is CCc1cc(SC(F)(F)F)c(C(F)(F)F)cc1C(F)(F)F. The molecule has 0 heterocycles. The van der Waals surface area contributed by atoms with Crippen molar-refractivity contribution in [3.05, 3.63) is 28.8 Å². The third-order valence-electron chi connectivity index (χ3n) is 2.42. The summed E-state index contributed by atoms with van der Waals surface area (Å²) in [5, 5.41) is 0. The first-order chi connectivity index (χ1) is 9.25. The van der Waals surface area contributed by atoms with Gasteiger partial charge < -0.3 is 0 Å². The second kappa shape index (κ2) is 5.62. The molecule has 1 aromatic carbocycles. The quantitative estimate of drug-likeness (QED) is 0.476. The highest BCUT2D eigenvalue weighted by molar-refractivity contribution is 8.00. The largest absolute Gasteiger partial charge is 0.446 e. The third kappa shape index (κ3) is 4.72. The Balaban J connectivity index is 3.57. The maximum absolute atomic E-state index is 12.7. The summed E-state index contributed by atoms with van der Waals surface area (Å²) in [4.78, 5) is -1.29. The van der Waals surface area contributed by atoms with E-state index in [9.17, 15) is 39.5 Å². The van der Waals surface area contributed by atoms with Gasteiger partial charge in [-0.25, -0.2) is 0 Å². The summed E-state index contributed by atoms with van der Waals surface area (Å²) in [5.41, 5.74) is -9.19. The lowest BCUT2D eigenvalue weighted by atomic mass is 10.0. The molecule has 0 aromatic heterocycles. The lowest BCUT2D eigenvalue weighted by Crippen LogP contribution is -2.15. The summed E-state index contributed by atoms with van der Waals surface area (Å²) in [6.07, 6.45) is -10.7. The van der Waals surface area contributed by atoms with Crippen LogP contribution in [0, 0.1) is 0 Å². The molecule has 0 nitrogen and oxygen atoms in total. The van der Waals surface area contributed by atoms with E-state index >= 15 is 0 Å². The van der Waals surface area contributed by atoms with Crippen LogP contribution < -0.4 is 0 Å². The standard InChI is InChI=1S/C11H7F9S/c1-2-5-3-8(21-11(18,19)20)7(10(15,16)17)4-6(5)9(12,13)14/h3-4H,2H2,1H3. The summed E-state index contributed by atoms with van der Waals surface area (Å²) in [5.74, 6) is 0. The molecule has 0 saturated carbocycles. The molecule has 0 unspecified atom stereocenters. The first-order valence-corrected chi connectivity index (χ1v) is 6.14. The van der Waals surface area contributed by atoms with Gasteiger partial charge in [-0.1, -0.05) is 6.92 Å². The van der Waals surface area contributed by atoms with Crippen LogP contribution in [0.25, 0.3) is 0 Å². The first kappa shape index (κ1) is 18.0. The van der Waals surface area contributed by atoms with Crippen molar-refractivity contribution in [1.82, 2.24) is 0 Å². The number of hydrogen-bond acceptors (Lipinski definition) is 1. The minimum absolute atomic E-state index is 0.271. The van der Waals surface area contributed by atoms with Gasteiger partial charge in [0.1, 0.15) is 0 Å². The fourth-order valence-electron chi connectivity index (χ4n) is 1.61. The number of benzene rings is 1. The number of alkyl halides is 9. The van der Waals surface area contributed by atoms with Gasteiger partial charge in [0.2, 0.25) is 0 Å². The van der Waals surface area contributed by atoms with Crippen LogP contribution >= 0.6 is 11.8 Å². The number of halogens is 9. The predicted octanol–water partition coefficient (Wildman–Crippen LogP) is 5.90. The Morgan fingerprint density at radius 3 is 1.62 bits per heavy atom. The molecule has 1 rings (SSSR count). The molecule has 0 amide bonds. The summed E-state index contributed by atoms with van der Waals surface area (Å²) in [7, 11) is 0. The van der Waals surface area contributed by atoms with Gasteiger partial charge in [-0.15, -0.1) is 0 Å². The van der Waals surface area contributed by atoms with E-state index in [1.807, 2.05) is 0 Å². The monoisotopic (exact) mass is 342 g/mol. The van der Waals surface area contributed by atoms with Crippen LogP contribution in [0.2, 0.25) is 0 Å². The van der Waals surface area contributed by atoms with Crippen molar-refractivity contribution in [2.45, 2.75) is 36.1 Å². The second-order valence-electron chi connectivity index (χ2n) is 3.90. The predicted molar refractivity (Wildman–Crippen MR) is 57.7 cm³/mol.